The second-order valence-corrected chi connectivity index (χ2v) is 5.09. The average molecular weight is 270 g/mol. The molecule has 1 aliphatic rings. The maximum atomic E-state index is 6.03. The van der Waals surface area contributed by atoms with Crippen molar-refractivity contribution >= 4 is 17.3 Å². The number of benzene rings is 1. The van der Waals surface area contributed by atoms with Crippen molar-refractivity contribution in [3.05, 3.63) is 23.2 Å². The maximum absolute atomic E-state index is 6.03. The van der Waals surface area contributed by atoms with E-state index >= 15 is 0 Å². The summed E-state index contributed by atoms with van der Waals surface area (Å²) in [4.78, 5) is 0. The lowest BCUT2D eigenvalue weighted by Gasteiger charge is -2.32. The summed E-state index contributed by atoms with van der Waals surface area (Å²) in [7, 11) is 3.45. The summed E-state index contributed by atoms with van der Waals surface area (Å²) in [5.41, 5.74) is 0.943. The summed E-state index contributed by atoms with van der Waals surface area (Å²) in [5.74, 6) is 0.819. The smallest absolute Gasteiger partial charge is 0.142 e. The number of ether oxygens (including phenoxy) is 2. The summed E-state index contributed by atoms with van der Waals surface area (Å²) in [5, 5.41) is 4.22. The van der Waals surface area contributed by atoms with Crippen molar-refractivity contribution in [1.82, 2.24) is 0 Å². The van der Waals surface area contributed by atoms with Crippen molar-refractivity contribution in [2.75, 3.05) is 19.5 Å². The molecular weight excluding hydrogens is 250 g/mol. The number of hydrogen-bond donors (Lipinski definition) is 1. The molecule has 1 saturated carbocycles. The van der Waals surface area contributed by atoms with Gasteiger partial charge in [-0.3, -0.25) is 0 Å². The summed E-state index contributed by atoms with van der Waals surface area (Å²) in [6.07, 6.45) is 4.97. The lowest BCUT2D eigenvalue weighted by Crippen LogP contribution is -2.37. The van der Waals surface area contributed by atoms with Crippen molar-refractivity contribution < 1.29 is 9.47 Å². The quantitative estimate of drug-likeness (QED) is 0.904. The van der Waals surface area contributed by atoms with Gasteiger partial charge in [0.25, 0.3) is 0 Å². The topological polar surface area (TPSA) is 30.5 Å². The molecule has 0 aromatic heterocycles. The van der Waals surface area contributed by atoms with E-state index in [-0.39, 0.29) is 6.10 Å². The van der Waals surface area contributed by atoms with E-state index in [2.05, 4.69) is 5.32 Å². The van der Waals surface area contributed by atoms with Crippen LogP contribution in [0.25, 0.3) is 0 Å². The molecule has 0 amide bonds. The second-order valence-electron chi connectivity index (χ2n) is 4.65. The number of hydrogen-bond acceptors (Lipinski definition) is 3. The molecule has 1 aromatic rings. The second kappa shape index (κ2) is 6.30. The van der Waals surface area contributed by atoms with Crippen molar-refractivity contribution in [2.45, 2.75) is 37.8 Å². The Bertz CT molecular complexity index is 397. The number of anilines is 1. The van der Waals surface area contributed by atoms with Crippen molar-refractivity contribution in [2.24, 2.45) is 0 Å². The van der Waals surface area contributed by atoms with E-state index in [1.165, 1.54) is 12.8 Å². The van der Waals surface area contributed by atoms with Gasteiger partial charge in [0.2, 0.25) is 0 Å². The molecule has 0 saturated heterocycles. The molecular formula is C14H20ClNO2. The third-order valence-electron chi connectivity index (χ3n) is 3.51. The minimum Gasteiger partial charge on any atom is -0.495 e. The lowest BCUT2D eigenvalue weighted by molar-refractivity contribution is 0.0605. The van der Waals surface area contributed by atoms with E-state index < -0.39 is 0 Å². The van der Waals surface area contributed by atoms with Crippen molar-refractivity contribution in [3.63, 3.8) is 0 Å². The first-order valence-electron chi connectivity index (χ1n) is 6.37. The van der Waals surface area contributed by atoms with E-state index in [0.717, 1.165) is 24.3 Å². The highest BCUT2D eigenvalue weighted by Gasteiger charge is 2.25. The molecule has 1 aliphatic carbocycles. The van der Waals surface area contributed by atoms with Gasteiger partial charge in [-0.15, -0.1) is 0 Å². The van der Waals surface area contributed by atoms with Crippen LogP contribution in [0, 0.1) is 0 Å². The van der Waals surface area contributed by atoms with E-state index in [0.29, 0.717) is 11.1 Å². The van der Waals surface area contributed by atoms with Crippen molar-refractivity contribution in [3.8, 4) is 5.75 Å². The zero-order valence-corrected chi connectivity index (χ0v) is 11.7. The van der Waals surface area contributed by atoms with Crippen LogP contribution in [0.4, 0.5) is 5.69 Å². The zero-order chi connectivity index (χ0) is 13.0. The van der Waals surface area contributed by atoms with Gasteiger partial charge in [-0.2, -0.15) is 0 Å². The van der Waals surface area contributed by atoms with Crippen LogP contribution in [-0.4, -0.2) is 26.4 Å². The number of rotatable bonds is 4. The fourth-order valence-corrected chi connectivity index (χ4v) is 2.71. The van der Waals surface area contributed by atoms with Crippen LogP contribution >= 0.6 is 11.6 Å². The first kappa shape index (κ1) is 13.5. The first-order chi connectivity index (χ1) is 8.74. The lowest BCUT2D eigenvalue weighted by atomic mass is 9.92. The van der Waals surface area contributed by atoms with E-state index in [4.69, 9.17) is 21.1 Å². The summed E-state index contributed by atoms with van der Waals surface area (Å²) in [6, 6.07) is 5.95. The predicted molar refractivity (Wildman–Crippen MR) is 74.7 cm³/mol. The van der Waals surface area contributed by atoms with Crippen LogP contribution in [0.1, 0.15) is 25.7 Å². The average Bonchev–Trinajstić information content (AvgIpc) is 2.40. The van der Waals surface area contributed by atoms with Gasteiger partial charge in [-0.25, -0.2) is 0 Å². The standard InChI is InChI=1S/C14H20ClNO2/c1-17-13-6-4-3-5-11(13)16-12-9-10(15)7-8-14(12)18-2/h7-9,11,13,16H,3-6H2,1-2H3. The molecule has 0 spiro atoms. The van der Waals surface area contributed by atoms with Gasteiger partial charge in [-0.1, -0.05) is 24.4 Å². The minimum atomic E-state index is 0.266. The summed E-state index contributed by atoms with van der Waals surface area (Å²) < 4.78 is 10.9. The maximum Gasteiger partial charge on any atom is 0.142 e. The van der Waals surface area contributed by atoms with Gasteiger partial charge < -0.3 is 14.8 Å². The van der Waals surface area contributed by atoms with E-state index in [1.807, 2.05) is 18.2 Å². The normalized spacial score (nSPS) is 23.7. The molecule has 1 fully saturated rings. The Morgan fingerprint density at radius 3 is 2.72 bits per heavy atom. The van der Waals surface area contributed by atoms with Crippen molar-refractivity contribution in [1.29, 1.82) is 0 Å². The zero-order valence-electron chi connectivity index (χ0n) is 10.9. The van der Waals surface area contributed by atoms with Gasteiger partial charge >= 0.3 is 0 Å². The van der Waals surface area contributed by atoms with Gasteiger partial charge in [0.1, 0.15) is 5.75 Å². The monoisotopic (exact) mass is 269 g/mol. The Balaban J connectivity index is 2.14. The Hall–Kier alpha value is -0.930. The molecule has 2 atom stereocenters. The first-order valence-corrected chi connectivity index (χ1v) is 6.75. The van der Waals surface area contributed by atoms with E-state index in [1.54, 1.807) is 14.2 Å². The van der Waals surface area contributed by atoms with Gasteiger partial charge in [0.05, 0.1) is 24.9 Å². The molecule has 2 rings (SSSR count). The Morgan fingerprint density at radius 2 is 2.00 bits per heavy atom. The molecule has 4 heteroatoms. The van der Waals surface area contributed by atoms with Crippen LogP contribution in [0.3, 0.4) is 0 Å². The van der Waals surface area contributed by atoms with Crippen LogP contribution in [0.15, 0.2) is 18.2 Å². The predicted octanol–water partition coefficient (Wildman–Crippen LogP) is 3.72. The third kappa shape index (κ3) is 3.09. The van der Waals surface area contributed by atoms with Gasteiger partial charge in [0, 0.05) is 12.1 Å². The molecule has 0 heterocycles. The summed E-state index contributed by atoms with van der Waals surface area (Å²) in [6.45, 7) is 0. The molecule has 0 radical (unpaired) electrons. The molecule has 1 N–H and O–H groups in total. The van der Waals surface area contributed by atoms with E-state index in [9.17, 15) is 0 Å². The van der Waals surface area contributed by atoms with Crippen LogP contribution in [0.5, 0.6) is 5.75 Å². The van der Waals surface area contributed by atoms with Crippen LogP contribution in [0.2, 0.25) is 5.02 Å². The molecule has 1 aromatic carbocycles. The highest BCUT2D eigenvalue weighted by atomic mass is 35.5. The minimum absolute atomic E-state index is 0.266. The fraction of sp³-hybridized carbons (Fsp3) is 0.571. The largest absolute Gasteiger partial charge is 0.495 e. The van der Waals surface area contributed by atoms with Gasteiger partial charge in [0.15, 0.2) is 0 Å². The Kier molecular flexibility index (Phi) is 4.72. The number of nitrogens with one attached hydrogen (secondary N) is 1. The molecule has 0 aliphatic heterocycles. The SMILES string of the molecule is COc1ccc(Cl)cc1NC1CCCCC1OC. The fourth-order valence-electron chi connectivity index (χ4n) is 2.54. The summed E-state index contributed by atoms with van der Waals surface area (Å²) >= 11 is 6.03. The molecule has 3 nitrogen and oxygen atoms in total. The van der Waals surface area contributed by atoms with Gasteiger partial charge in [-0.05, 0) is 31.0 Å². The number of methoxy groups -OCH3 is 2. The molecule has 0 bridgehead atoms. The highest BCUT2D eigenvalue weighted by Crippen LogP contribution is 2.31. The Labute approximate surface area is 113 Å². The molecule has 100 valence electrons. The number of halogens is 1. The van der Waals surface area contributed by atoms with Crippen LogP contribution < -0.4 is 10.1 Å². The Morgan fingerprint density at radius 1 is 1.22 bits per heavy atom. The molecule has 2 unspecified atom stereocenters. The molecule has 18 heavy (non-hydrogen) atoms. The highest BCUT2D eigenvalue weighted by molar-refractivity contribution is 6.30. The third-order valence-corrected chi connectivity index (χ3v) is 3.74. The van der Waals surface area contributed by atoms with Crippen LogP contribution in [-0.2, 0) is 4.74 Å².